The van der Waals surface area contributed by atoms with Gasteiger partial charge >= 0.3 is 0 Å². The van der Waals surface area contributed by atoms with Crippen molar-refractivity contribution in [2.45, 2.75) is 26.3 Å². The van der Waals surface area contributed by atoms with Gasteiger partial charge in [0.2, 0.25) is 11.9 Å². The predicted octanol–water partition coefficient (Wildman–Crippen LogP) is 3.88. The minimum atomic E-state index is -0.181. The Morgan fingerprint density at radius 2 is 2.19 bits per heavy atom. The molecule has 32 heavy (non-hydrogen) atoms. The number of aromatic nitrogens is 2. The van der Waals surface area contributed by atoms with E-state index in [1.54, 1.807) is 16.9 Å². The maximum Gasteiger partial charge on any atom is 0.277 e. The van der Waals surface area contributed by atoms with Crippen LogP contribution in [0.5, 0.6) is 0 Å². The largest absolute Gasteiger partial charge is 0.467 e. The quantitative estimate of drug-likeness (QED) is 0.501. The van der Waals surface area contributed by atoms with Gasteiger partial charge in [-0.05, 0) is 61.0 Å². The van der Waals surface area contributed by atoms with E-state index in [1.807, 2.05) is 48.7 Å². The zero-order chi connectivity index (χ0) is 22.1. The normalized spacial score (nSPS) is 16.4. The molecule has 1 N–H and O–H groups in total. The van der Waals surface area contributed by atoms with Gasteiger partial charge in [-0.25, -0.2) is 9.55 Å². The molecule has 1 aromatic carbocycles. The van der Waals surface area contributed by atoms with Crippen LogP contribution in [0.1, 0.15) is 24.2 Å². The molecule has 1 aliphatic rings. The minimum absolute atomic E-state index is 0.00726. The number of thiophene rings is 1. The van der Waals surface area contributed by atoms with Crippen LogP contribution in [-0.4, -0.2) is 28.5 Å². The fourth-order valence-electron chi connectivity index (χ4n) is 4.22. The summed E-state index contributed by atoms with van der Waals surface area (Å²) in [4.78, 5) is 33.2. The molecule has 4 heterocycles. The lowest BCUT2D eigenvalue weighted by molar-refractivity contribution is -0.125. The molecule has 0 unspecified atom stereocenters. The van der Waals surface area contributed by atoms with Gasteiger partial charge in [0, 0.05) is 13.1 Å². The molecule has 0 radical (unpaired) electrons. The molecule has 1 fully saturated rings. The predicted molar refractivity (Wildman–Crippen MR) is 125 cm³/mol. The number of nitrogens with zero attached hydrogens (tertiary/aromatic N) is 3. The topological polar surface area (TPSA) is 80.4 Å². The number of fused-ring (bicyclic) bond motifs is 1. The van der Waals surface area contributed by atoms with E-state index < -0.39 is 0 Å². The van der Waals surface area contributed by atoms with Crippen molar-refractivity contribution in [3.05, 3.63) is 75.8 Å². The molecular formula is C24H24N4O3S. The molecule has 5 rings (SSSR count). The summed E-state index contributed by atoms with van der Waals surface area (Å²) in [7, 11) is 0. The Labute approximate surface area is 189 Å². The van der Waals surface area contributed by atoms with Gasteiger partial charge < -0.3 is 14.6 Å². The van der Waals surface area contributed by atoms with Gasteiger partial charge in [0.1, 0.15) is 10.5 Å². The summed E-state index contributed by atoms with van der Waals surface area (Å²) in [5.74, 6) is 1.13. The maximum atomic E-state index is 13.4. The molecule has 1 aliphatic heterocycles. The second kappa shape index (κ2) is 8.63. The van der Waals surface area contributed by atoms with E-state index in [9.17, 15) is 9.59 Å². The number of benzene rings is 1. The monoisotopic (exact) mass is 448 g/mol. The van der Waals surface area contributed by atoms with Crippen molar-refractivity contribution >= 4 is 33.4 Å². The number of aryl methyl sites for hydroxylation is 1. The Balaban J connectivity index is 1.47. The molecule has 1 saturated heterocycles. The van der Waals surface area contributed by atoms with Crippen LogP contribution in [-0.2, 0) is 11.3 Å². The molecule has 4 aromatic rings. The number of piperidine rings is 1. The third kappa shape index (κ3) is 3.93. The van der Waals surface area contributed by atoms with Crippen LogP contribution in [0.15, 0.2) is 63.3 Å². The molecule has 1 atom stereocenters. The Morgan fingerprint density at radius 3 is 3.00 bits per heavy atom. The van der Waals surface area contributed by atoms with E-state index in [4.69, 9.17) is 9.40 Å². The molecular weight excluding hydrogens is 424 g/mol. The molecule has 8 heteroatoms. The highest BCUT2D eigenvalue weighted by atomic mass is 32.1. The first-order valence-corrected chi connectivity index (χ1v) is 11.6. The van der Waals surface area contributed by atoms with Crippen molar-refractivity contribution in [2.24, 2.45) is 5.92 Å². The molecule has 7 nitrogen and oxygen atoms in total. The summed E-state index contributed by atoms with van der Waals surface area (Å²) < 4.78 is 7.64. The molecule has 0 bridgehead atoms. The number of carbonyl (C=O) groups excluding carboxylic acids is 1. The van der Waals surface area contributed by atoms with Crippen molar-refractivity contribution in [3.63, 3.8) is 0 Å². The van der Waals surface area contributed by atoms with Crippen molar-refractivity contribution in [1.82, 2.24) is 14.9 Å². The molecule has 0 saturated carbocycles. The Bertz CT molecular complexity index is 1310. The number of carbonyl (C=O) groups is 1. The molecule has 164 valence electrons. The Morgan fingerprint density at radius 1 is 1.28 bits per heavy atom. The number of furan rings is 1. The zero-order valence-electron chi connectivity index (χ0n) is 17.8. The lowest BCUT2D eigenvalue weighted by Crippen LogP contribution is -2.45. The average molecular weight is 449 g/mol. The summed E-state index contributed by atoms with van der Waals surface area (Å²) in [5.41, 5.74) is 2.48. The highest BCUT2D eigenvalue weighted by Gasteiger charge is 2.29. The van der Waals surface area contributed by atoms with Gasteiger partial charge in [0.25, 0.3) is 5.56 Å². The van der Waals surface area contributed by atoms with Gasteiger partial charge in [-0.1, -0.05) is 12.1 Å². The van der Waals surface area contributed by atoms with E-state index >= 15 is 0 Å². The number of anilines is 1. The van der Waals surface area contributed by atoms with Gasteiger partial charge in [0.05, 0.1) is 29.9 Å². The Kier molecular flexibility index (Phi) is 5.53. The van der Waals surface area contributed by atoms with E-state index in [0.717, 1.165) is 36.4 Å². The number of hydrogen-bond donors (Lipinski definition) is 1. The fourth-order valence-corrected chi connectivity index (χ4v) is 4.98. The standard InChI is InChI=1S/C24H24N4O3S/c1-16-5-2-7-18(13-16)28-23(30)21-20(9-12-32-21)26-24(28)27-10-3-6-17(15-27)22(29)25-14-19-8-4-11-31-19/h2,4-5,7-9,11-13,17H,3,6,10,14-15H2,1H3,(H,25,29)/t17-/m0/s1. The Hall–Kier alpha value is -3.39. The van der Waals surface area contributed by atoms with Gasteiger partial charge in [-0.15, -0.1) is 11.3 Å². The molecule has 1 amide bonds. The third-order valence-corrected chi connectivity index (χ3v) is 6.71. The highest BCUT2D eigenvalue weighted by Crippen LogP contribution is 2.27. The summed E-state index contributed by atoms with van der Waals surface area (Å²) in [6.45, 7) is 3.63. The van der Waals surface area contributed by atoms with Gasteiger partial charge in [0.15, 0.2) is 0 Å². The fraction of sp³-hybridized carbons (Fsp3) is 0.292. The second-order valence-electron chi connectivity index (χ2n) is 8.11. The SMILES string of the molecule is Cc1cccc(-n2c(N3CCC[C@H](C(=O)NCc4ccco4)C3)nc3ccsc3c2=O)c1. The van der Waals surface area contributed by atoms with Crippen LogP contribution in [0.4, 0.5) is 5.95 Å². The molecule has 3 aromatic heterocycles. The summed E-state index contributed by atoms with van der Waals surface area (Å²) in [6.07, 6.45) is 3.25. The van der Waals surface area contributed by atoms with Crippen molar-refractivity contribution < 1.29 is 9.21 Å². The van der Waals surface area contributed by atoms with Crippen LogP contribution in [0.25, 0.3) is 15.9 Å². The number of nitrogens with one attached hydrogen (secondary N) is 1. The third-order valence-electron chi connectivity index (χ3n) is 5.81. The first-order chi connectivity index (χ1) is 15.6. The van der Waals surface area contributed by atoms with E-state index in [-0.39, 0.29) is 17.4 Å². The number of amides is 1. The van der Waals surface area contributed by atoms with E-state index in [1.165, 1.54) is 11.3 Å². The van der Waals surface area contributed by atoms with Crippen LogP contribution in [0.3, 0.4) is 0 Å². The highest BCUT2D eigenvalue weighted by molar-refractivity contribution is 7.17. The smallest absolute Gasteiger partial charge is 0.277 e. The molecule has 0 aliphatic carbocycles. The van der Waals surface area contributed by atoms with Crippen LogP contribution < -0.4 is 15.8 Å². The van der Waals surface area contributed by atoms with Gasteiger partial charge in [-0.3, -0.25) is 9.59 Å². The van der Waals surface area contributed by atoms with Crippen LogP contribution in [0, 0.1) is 12.8 Å². The van der Waals surface area contributed by atoms with Crippen LogP contribution >= 0.6 is 11.3 Å². The van der Waals surface area contributed by atoms with Crippen molar-refractivity contribution in [3.8, 4) is 5.69 Å². The average Bonchev–Trinajstić information content (AvgIpc) is 3.49. The number of rotatable bonds is 5. The molecule has 0 spiro atoms. The minimum Gasteiger partial charge on any atom is -0.467 e. The van der Waals surface area contributed by atoms with Crippen LogP contribution in [0.2, 0.25) is 0 Å². The summed E-state index contributed by atoms with van der Waals surface area (Å²) in [5, 5.41) is 4.86. The lowest BCUT2D eigenvalue weighted by atomic mass is 9.97. The van der Waals surface area contributed by atoms with E-state index in [2.05, 4.69) is 10.2 Å². The zero-order valence-corrected chi connectivity index (χ0v) is 18.6. The first kappa shape index (κ1) is 20.5. The lowest BCUT2D eigenvalue weighted by Gasteiger charge is -2.34. The van der Waals surface area contributed by atoms with Crippen molar-refractivity contribution in [2.75, 3.05) is 18.0 Å². The maximum absolute atomic E-state index is 13.4. The summed E-state index contributed by atoms with van der Waals surface area (Å²) in [6, 6.07) is 13.4. The van der Waals surface area contributed by atoms with Gasteiger partial charge in [-0.2, -0.15) is 0 Å². The summed E-state index contributed by atoms with van der Waals surface area (Å²) >= 11 is 1.41. The van der Waals surface area contributed by atoms with Crippen molar-refractivity contribution in [1.29, 1.82) is 0 Å². The van der Waals surface area contributed by atoms with E-state index in [0.29, 0.717) is 29.3 Å². The first-order valence-electron chi connectivity index (χ1n) is 10.7. The number of hydrogen-bond acceptors (Lipinski definition) is 6. The second-order valence-corrected chi connectivity index (χ2v) is 9.02.